The van der Waals surface area contributed by atoms with E-state index in [-0.39, 0.29) is 7.43 Å². The Morgan fingerprint density at radius 2 is 1.12 bits per heavy atom. The molecule has 8 nitrogen and oxygen atoms in total. The first-order valence-electron chi connectivity index (χ1n) is 12.7. The average molecular weight is 541 g/mol. The van der Waals surface area contributed by atoms with Gasteiger partial charge < -0.3 is 16.0 Å². The van der Waals surface area contributed by atoms with Crippen LogP contribution in [0.5, 0.6) is 0 Å². The van der Waals surface area contributed by atoms with Gasteiger partial charge in [0, 0.05) is 32.9 Å². The first-order chi connectivity index (χ1) is 18.6. The van der Waals surface area contributed by atoms with E-state index in [2.05, 4.69) is 86.3 Å². The first-order valence-corrected chi connectivity index (χ1v) is 12.7. The van der Waals surface area contributed by atoms with E-state index in [9.17, 15) is 0 Å². The number of rotatable bonds is 6. The summed E-state index contributed by atoms with van der Waals surface area (Å²) in [6.45, 7) is 12.4. The van der Waals surface area contributed by atoms with Crippen LogP contribution in [0.4, 0.5) is 17.6 Å². The number of aromatic nitrogens is 5. The molecule has 3 heterocycles. The highest BCUT2D eigenvalue weighted by Gasteiger charge is 2.09. The zero-order chi connectivity index (χ0) is 29.5. The van der Waals surface area contributed by atoms with Gasteiger partial charge in [-0.05, 0) is 47.1 Å². The van der Waals surface area contributed by atoms with Crippen molar-refractivity contribution < 1.29 is 0 Å². The predicted octanol–water partition coefficient (Wildman–Crippen LogP) is 6.11. The van der Waals surface area contributed by atoms with Crippen LogP contribution in [0, 0.1) is 37.0 Å². The third-order valence-corrected chi connectivity index (χ3v) is 5.48. The normalized spacial score (nSPS) is 9.53. The van der Waals surface area contributed by atoms with E-state index in [0.717, 1.165) is 28.3 Å². The van der Waals surface area contributed by atoms with Gasteiger partial charge in [0.25, 0.3) is 0 Å². The lowest BCUT2D eigenvalue weighted by Gasteiger charge is -2.08. The Bertz CT molecular complexity index is 1170. The fourth-order valence-electron chi connectivity index (χ4n) is 3.29. The van der Waals surface area contributed by atoms with Crippen molar-refractivity contribution >= 4 is 17.6 Å². The lowest BCUT2D eigenvalue weighted by atomic mass is 10.0. The molecule has 0 bridgehead atoms. The van der Waals surface area contributed by atoms with Crippen molar-refractivity contribution in [3.8, 4) is 37.0 Å². The van der Waals surface area contributed by atoms with E-state index in [1.54, 1.807) is 26.5 Å². The second kappa shape index (κ2) is 17.8. The van der Waals surface area contributed by atoms with Crippen molar-refractivity contribution in [1.82, 2.24) is 24.9 Å². The Morgan fingerprint density at radius 1 is 0.600 bits per heavy atom. The summed E-state index contributed by atoms with van der Waals surface area (Å²) in [7, 11) is 5.39. The number of pyridine rings is 1. The lowest BCUT2D eigenvalue weighted by molar-refractivity contribution is 0.807. The molecule has 3 N–H and O–H groups in total. The molecular formula is C32H44N8. The van der Waals surface area contributed by atoms with E-state index < -0.39 is 0 Å². The highest BCUT2D eigenvalue weighted by Crippen LogP contribution is 2.19. The maximum Gasteiger partial charge on any atom is 0.223 e. The molecule has 3 rings (SSSR count). The predicted molar refractivity (Wildman–Crippen MR) is 170 cm³/mol. The zero-order valence-electron chi connectivity index (χ0n) is 24.5. The second-order valence-corrected chi connectivity index (χ2v) is 9.27. The minimum Gasteiger partial charge on any atom is -0.373 e. The molecule has 0 aliphatic carbocycles. The summed E-state index contributed by atoms with van der Waals surface area (Å²) < 4.78 is 0. The van der Waals surface area contributed by atoms with Gasteiger partial charge in [-0.25, -0.2) is 19.9 Å². The van der Waals surface area contributed by atoms with Crippen LogP contribution in [0.3, 0.4) is 0 Å². The van der Waals surface area contributed by atoms with Crippen LogP contribution < -0.4 is 16.0 Å². The van der Waals surface area contributed by atoms with E-state index >= 15 is 0 Å². The summed E-state index contributed by atoms with van der Waals surface area (Å²) in [4.78, 5) is 21.0. The molecule has 0 saturated heterocycles. The third-order valence-electron chi connectivity index (χ3n) is 5.48. The van der Waals surface area contributed by atoms with Gasteiger partial charge >= 0.3 is 0 Å². The van der Waals surface area contributed by atoms with Gasteiger partial charge in [0.15, 0.2) is 0 Å². The van der Waals surface area contributed by atoms with E-state index in [0.29, 0.717) is 40.9 Å². The summed E-state index contributed by atoms with van der Waals surface area (Å²) in [5.41, 5.74) is 5.06. The number of terminal acetylenes is 3. The van der Waals surface area contributed by atoms with Crippen LogP contribution in [-0.4, -0.2) is 46.1 Å². The van der Waals surface area contributed by atoms with Crippen molar-refractivity contribution in [3.63, 3.8) is 0 Å². The van der Waals surface area contributed by atoms with Gasteiger partial charge in [-0.3, -0.25) is 4.98 Å². The first kappa shape index (κ1) is 35.4. The summed E-state index contributed by atoms with van der Waals surface area (Å²) in [6, 6.07) is 3.97. The molecule has 0 fully saturated rings. The Hall–Kier alpha value is -4.61. The maximum atomic E-state index is 5.37. The largest absolute Gasteiger partial charge is 0.373 e. The van der Waals surface area contributed by atoms with Crippen molar-refractivity contribution in [2.24, 2.45) is 0 Å². The smallest absolute Gasteiger partial charge is 0.223 e. The molecule has 0 aliphatic rings. The molecule has 3 aromatic heterocycles. The molecule has 8 heteroatoms. The Balaban J connectivity index is 0.000000563. The van der Waals surface area contributed by atoms with Gasteiger partial charge in [0.2, 0.25) is 5.95 Å². The van der Waals surface area contributed by atoms with Crippen LogP contribution in [0.2, 0.25) is 0 Å². The monoisotopic (exact) mass is 540 g/mol. The minimum atomic E-state index is 0. The highest BCUT2D eigenvalue weighted by molar-refractivity contribution is 5.45. The SMILES string of the molecule is C.C#Cc1nc(NC)ccc1C(C)C.C#Cc1nc(NC)cnc1C(C)C.C#Cc1nc(NC)ncc1C(C)C. The van der Waals surface area contributed by atoms with Crippen molar-refractivity contribution in [2.45, 2.75) is 66.7 Å². The van der Waals surface area contributed by atoms with E-state index in [1.807, 2.05) is 33.0 Å². The molecule has 40 heavy (non-hydrogen) atoms. The molecule has 0 saturated carbocycles. The van der Waals surface area contributed by atoms with Crippen LogP contribution >= 0.6 is 0 Å². The fraction of sp³-hybridized carbons (Fsp3) is 0.406. The van der Waals surface area contributed by atoms with Crippen LogP contribution in [0.25, 0.3) is 0 Å². The molecule has 0 atom stereocenters. The molecule has 0 radical (unpaired) electrons. The number of nitrogens with zero attached hydrogens (tertiary/aromatic N) is 5. The lowest BCUT2D eigenvalue weighted by Crippen LogP contribution is -2.03. The molecule has 212 valence electrons. The molecule has 0 aliphatic heterocycles. The third kappa shape index (κ3) is 10.3. The summed E-state index contributed by atoms with van der Waals surface area (Å²) in [6.07, 6.45) is 19.5. The summed E-state index contributed by atoms with van der Waals surface area (Å²) in [5.74, 6) is 10.9. The van der Waals surface area contributed by atoms with Gasteiger partial charge in [0.05, 0.1) is 11.9 Å². The van der Waals surface area contributed by atoms with Gasteiger partial charge in [-0.2, -0.15) is 0 Å². The molecule has 0 unspecified atom stereocenters. The van der Waals surface area contributed by atoms with E-state index in [1.165, 1.54) is 0 Å². The molecule has 0 spiro atoms. The van der Waals surface area contributed by atoms with E-state index in [4.69, 9.17) is 19.3 Å². The van der Waals surface area contributed by atoms with Gasteiger partial charge in [-0.15, -0.1) is 19.3 Å². The number of hydrogen-bond donors (Lipinski definition) is 3. The second-order valence-electron chi connectivity index (χ2n) is 9.27. The quantitative estimate of drug-likeness (QED) is 0.322. The molecule has 0 amide bonds. The standard InChI is InChI=1S/C11H14N2.2C10H13N3.CH4/c1-5-10-9(8(2)3)6-7-11(12-4)13-10;1-5-9-8(7(2)3)6-12-10(11-4)13-9;1-5-8-10(7(2)3)12-6-9(11-4)13-8;/h1,6-8H,2-4H3,(H,12,13);1,6-7H,2-4H3,(H,11,12,13);1,6-7H,2-4H3,(H,11,13);1H4. The Labute approximate surface area is 241 Å². The van der Waals surface area contributed by atoms with Crippen molar-refractivity contribution in [1.29, 1.82) is 0 Å². The summed E-state index contributed by atoms with van der Waals surface area (Å²) >= 11 is 0. The average Bonchev–Trinajstić information content (AvgIpc) is 2.96. The van der Waals surface area contributed by atoms with Crippen molar-refractivity contribution in [3.05, 3.63) is 58.4 Å². The minimum absolute atomic E-state index is 0. The van der Waals surface area contributed by atoms with Gasteiger partial charge in [-0.1, -0.05) is 55.0 Å². The van der Waals surface area contributed by atoms with Crippen LogP contribution in [-0.2, 0) is 0 Å². The van der Waals surface area contributed by atoms with Crippen LogP contribution in [0.1, 0.15) is 101 Å². The fourth-order valence-corrected chi connectivity index (χ4v) is 3.29. The number of hydrogen-bond acceptors (Lipinski definition) is 8. The van der Waals surface area contributed by atoms with Crippen LogP contribution in [0.15, 0.2) is 24.5 Å². The summed E-state index contributed by atoms with van der Waals surface area (Å²) in [5, 5.41) is 8.71. The number of anilines is 3. The molecular weight excluding hydrogens is 496 g/mol. The maximum absolute atomic E-state index is 5.37. The Kier molecular flexibility index (Phi) is 15.8. The topological polar surface area (TPSA) is 101 Å². The number of nitrogens with one attached hydrogen (secondary N) is 3. The molecule has 0 aromatic carbocycles. The van der Waals surface area contributed by atoms with Gasteiger partial charge in [0.1, 0.15) is 28.7 Å². The zero-order valence-corrected chi connectivity index (χ0v) is 24.5. The van der Waals surface area contributed by atoms with Crippen molar-refractivity contribution in [2.75, 3.05) is 37.1 Å². The highest BCUT2D eigenvalue weighted by atomic mass is 15.1. The molecule has 3 aromatic rings. The Morgan fingerprint density at radius 3 is 1.57 bits per heavy atom.